The van der Waals surface area contributed by atoms with Gasteiger partial charge < -0.3 is 18.6 Å². The first kappa shape index (κ1) is 14.8. The van der Waals surface area contributed by atoms with E-state index >= 15 is 0 Å². The quantitative estimate of drug-likeness (QED) is 0.871. The molecule has 2 aromatic heterocycles. The topological polar surface area (TPSA) is 60.5 Å². The number of rotatable bonds is 4. The molecule has 0 fully saturated rings. The molecule has 2 aromatic rings. The zero-order valence-electron chi connectivity index (χ0n) is 13.2. The van der Waals surface area contributed by atoms with Crippen molar-refractivity contribution >= 4 is 5.91 Å². The van der Waals surface area contributed by atoms with Crippen molar-refractivity contribution in [2.24, 2.45) is 0 Å². The SMILES string of the molecule is CCOCc1cnc2n1CCN(C(=O)c1ccoc1C)[C@H]2C. The molecule has 1 aliphatic heterocycles. The summed E-state index contributed by atoms with van der Waals surface area (Å²) >= 11 is 0. The monoisotopic (exact) mass is 303 g/mol. The minimum atomic E-state index is -0.0640. The van der Waals surface area contributed by atoms with Crippen LogP contribution in [0, 0.1) is 6.92 Å². The number of fused-ring (bicyclic) bond motifs is 1. The summed E-state index contributed by atoms with van der Waals surface area (Å²) in [6, 6.07) is 1.66. The number of aryl methyl sites for hydroxylation is 1. The van der Waals surface area contributed by atoms with E-state index in [1.807, 2.05) is 31.9 Å². The zero-order chi connectivity index (χ0) is 15.7. The van der Waals surface area contributed by atoms with Gasteiger partial charge in [0.05, 0.1) is 36.4 Å². The van der Waals surface area contributed by atoms with Crippen LogP contribution in [-0.4, -0.2) is 33.5 Å². The van der Waals surface area contributed by atoms with Crippen LogP contribution in [0.4, 0.5) is 0 Å². The van der Waals surface area contributed by atoms with E-state index in [-0.39, 0.29) is 11.9 Å². The highest BCUT2D eigenvalue weighted by Gasteiger charge is 2.31. The summed E-state index contributed by atoms with van der Waals surface area (Å²) in [6.45, 7) is 8.44. The Morgan fingerprint density at radius 2 is 2.32 bits per heavy atom. The maximum Gasteiger partial charge on any atom is 0.258 e. The summed E-state index contributed by atoms with van der Waals surface area (Å²) in [4.78, 5) is 19.0. The van der Waals surface area contributed by atoms with E-state index in [1.54, 1.807) is 12.3 Å². The van der Waals surface area contributed by atoms with Crippen molar-refractivity contribution in [2.75, 3.05) is 13.2 Å². The predicted molar refractivity (Wildman–Crippen MR) is 80.5 cm³/mol. The minimum Gasteiger partial charge on any atom is -0.469 e. The van der Waals surface area contributed by atoms with E-state index in [4.69, 9.17) is 9.15 Å². The van der Waals surface area contributed by atoms with Crippen molar-refractivity contribution in [1.29, 1.82) is 0 Å². The number of hydrogen-bond acceptors (Lipinski definition) is 4. The summed E-state index contributed by atoms with van der Waals surface area (Å²) in [6.07, 6.45) is 3.40. The molecule has 1 amide bonds. The first-order valence-electron chi connectivity index (χ1n) is 7.60. The number of aromatic nitrogens is 2. The molecule has 3 rings (SSSR count). The number of nitrogens with zero attached hydrogens (tertiary/aromatic N) is 3. The molecule has 1 aliphatic rings. The van der Waals surface area contributed by atoms with Crippen LogP contribution < -0.4 is 0 Å². The molecule has 0 N–H and O–H groups in total. The van der Waals surface area contributed by atoms with Crippen molar-refractivity contribution in [3.8, 4) is 0 Å². The summed E-state index contributed by atoms with van der Waals surface area (Å²) in [5.74, 6) is 1.57. The predicted octanol–water partition coefficient (Wildman–Crippen LogP) is 2.54. The van der Waals surface area contributed by atoms with Gasteiger partial charge in [-0.15, -0.1) is 0 Å². The first-order chi connectivity index (χ1) is 10.6. The molecule has 118 valence electrons. The molecule has 1 atom stereocenters. The second-order valence-electron chi connectivity index (χ2n) is 5.46. The van der Waals surface area contributed by atoms with Gasteiger partial charge in [-0.05, 0) is 26.8 Å². The van der Waals surface area contributed by atoms with Gasteiger partial charge in [0, 0.05) is 19.7 Å². The van der Waals surface area contributed by atoms with Gasteiger partial charge in [-0.1, -0.05) is 0 Å². The number of amides is 1. The molecule has 6 nitrogen and oxygen atoms in total. The van der Waals surface area contributed by atoms with Gasteiger partial charge in [-0.25, -0.2) is 4.98 Å². The Kier molecular flexibility index (Phi) is 4.02. The average molecular weight is 303 g/mol. The standard InChI is InChI=1S/C16H21N3O3/c1-4-21-10-13-9-17-15-11(2)18(6-7-19(13)15)16(20)14-5-8-22-12(14)3/h5,8-9,11H,4,6-7,10H2,1-3H3/t11-/m0/s1. The number of imidazole rings is 1. The van der Waals surface area contributed by atoms with Gasteiger partial charge in [-0.3, -0.25) is 4.79 Å². The molecule has 6 heteroatoms. The van der Waals surface area contributed by atoms with Crippen LogP contribution in [0.1, 0.15) is 47.5 Å². The van der Waals surface area contributed by atoms with E-state index in [9.17, 15) is 4.79 Å². The Morgan fingerprint density at radius 3 is 3.00 bits per heavy atom. The molecular formula is C16H21N3O3. The average Bonchev–Trinajstić information content (AvgIpc) is 3.11. The van der Waals surface area contributed by atoms with Gasteiger partial charge in [0.2, 0.25) is 0 Å². The lowest BCUT2D eigenvalue weighted by molar-refractivity contribution is 0.0628. The summed E-state index contributed by atoms with van der Waals surface area (Å²) < 4.78 is 12.9. The molecule has 3 heterocycles. The van der Waals surface area contributed by atoms with Crippen molar-refractivity contribution in [1.82, 2.24) is 14.5 Å². The van der Waals surface area contributed by atoms with Crippen LogP contribution in [-0.2, 0) is 17.9 Å². The van der Waals surface area contributed by atoms with E-state index in [0.29, 0.717) is 31.1 Å². The van der Waals surface area contributed by atoms with Gasteiger partial charge in [0.1, 0.15) is 11.6 Å². The van der Waals surface area contributed by atoms with Crippen LogP contribution in [0.3, 0.4) is 0 Å². The van der Waals surface area contributed by atoms with Crippen molar-refractivity contribution < 1.29 is 13.9 Å². The van der Waals surface area contributed by atoms with Crippen LogP contribution in [0.2, 0.25) is 0 Å². The van der Waals surface area contributed by atoms with Crippen LogP contribution in [0.25, 0.3) is 0 Å². The third kappa shape index (κ3) is 2.43. The molecule has 0 aromatic carbocycles. The van der Waals surface area contributed by atoms with Gasteiger partial charge >= 0.3 is 0 Å². The molecule has 0 unspecified atom stereocenters. The Morgan fingerprint density at radius 1 is 1.50 bits per heavy atom. The third-order valence-corrected chi connectivity index (χ3v) is 4.18. The van der Waals surface area contributed by atoms with E-state index in [0.717, 1.165) is 18.1 Å². The summed E-state index contributed by atoms with van der Waals surface area (Å²) in [7, 11) is 0. The Bertz CT molecular complexity index is 674. The van der Waals surface area contributed by atoms with Crippen LogP contribution in [0.15, 0.2) is 22.9 Å². The fraction of sp³-hybridized carbons (Fsp3) is 0.500. The molecule has 0 bridgehead atoms. The largest absolute Gasteiger partial charge is 0.469 e. The highest BCUT2D eigenvalue weighted by atomic mass is 16.5. The van der Waals surface area contributed by atoms with Crippen molar-refractivity contribution in [3.63, 3.8) is 0 Å². The maximum atomic E-state index is 12.7. The number of carbonyl (C=O) groups excluding carboxylic acids is 1. The number of carbonyl (C=O) groups is 1. The minimum absolute atomic E-state index is 0.000594. The number of furan rings is 1. The highest BCUT2D eigenvalue weighted by Crippen LogP contribution is 2.27. The first-order valence-corrected chi connectivity index (χ1v) is 7.60. The lowest BCUT2D eigenvalue weighted by Crippen LogP contribution is -2.41. The molecule has 22 heavy (non-hydrogen) atoms. The smallest absolute Gasteiger partial charge is 0.258 e. The fourth-order valence-corrected chi connectivity index (χ4v) is 2.92. The Balaban J connectivity index is 1.83. The summed E-state index contributed by atoms with van der Waals surface area (Å²) in [5.41, 5.74) is 1.69. The highest BCUT2D eigenvalue weighted by molar-refractivity contribution is 5.95. The molecule has 0 radical (unpaired) electrons. The lowest BCUT2D eigenvalue weighted by atomic mass is 10.1. The van der Waals surface area contributed by atoms with E-state index in [2.05, 4.69) is 9.55 Å². The van der Waals surface area contributed by atoms with E-state index in [1.165, 1.54) is 0 Å². The van der Waals surface area contributed by atoms with Crippen molar-refractivity contribution in [3.05, 3.63) is 41.4 Å². The molecule has 0 saturated heterocycles. The van der Waals surface area contributed by atoms with Crippen LogP contribution >= 0.6 is 0 Å². The number of ether oxygens (including phenoxy) is 1. The molecule has 0 spiro atoms. The maximum absolute atomic E-state index is 12.7. The van der Waals surface area contributed by atoms with E-state index < -0.39 is 0 Å². The van der Waals surface area contributed by atoms with Crippen LogP contribution in [0.5, 0.6) is 0 Å². The van der Waals surface area contributed by atoms with Gasteiger partial charge in [-0.2, -0.15) is 0 Å². The second-order valence-corrected chi connectivity index (χ2v) is 5.46. The third-order valence-electron chi connectivity index (χ3n) is 4.18. The molecular weight excluding hydrogens is 282 g/mol. The Hall–Kier alpha value is -2.08. The fourth-order valence-electron chi connectivity index (χ4n) is 2.92. The lowest BCUT2D eigenvalue weighted by Gasteiger charge is -2.34. The van der Waals surface area contributed by atoms with Crippen molar-refractivity contribution in [2.45, 2.75) is 40.0 Å². The number of hydrogen-bond donors (Lipinski definition) is 0. The van der Waals surface area contributed by atoms with Gasteiger partial charge in [0.15, 0.2) is 0 Å². The molecule has 0 saturated carbocycles. The Labute approximate surface area is 129 Å². The zero-order valence-corrected chi connectivity index (χ0v) is 13.2. The van der Waals surface area contributed by atoms with Gasteiger partial charge in [0.25, 0.3) is 5.91 Å². The summed E-state index contributed by atoms with van der Waals surface area (Å²) in [5, 5.41) is 0. The normalized spacial score (nSPS) is 17.6. The molecule has 0 aliphatic carbocycles. The second kappa shape index (κ2) is 5.96.